The molecule has 0 unspecified atom stereocenters. The van der Waals surface area contributed by atoms with E-state index in [2.05, 4.69) is 10.1 Å². The minimum atomic E-state index is -0.206. The lowest BCUT2D eigenvalue weighted by Crippen LogP contribution is -2.21. The van der Waals surface area contributed by atoms with Crippen molar-refractivity contribution in [1.82, 2.24) is 19.3 Å². The first-order valence-corrected chi connectivity index (χ1v) is 8.75. The maximum absolute atomic E-state index is 13.0. The molecule has 4 rings (SSSR count). The van der Waals surface area contributed by atoms with Gasteiger partial charge in [-0.25, -0.2) is 9.67 Å². The van der Waals surface area contributed by atoms with Gasteiger partial charge in [-0.2, -0.15) is 5.10 Å². The summed E-state index contributed by atoms with van der Waals surface area (Å²) < 4.78 is 8.50. The van der Waals surface area contributed by atoms with Crippen LogP contribution in [0, 0.1) is 0 Å². The van der Waals surface area contributed by atoms with Gasteiger partial charge < -0.3 is 4.74 Å². The van der Waals surface area contributed by atoms with Crippen LogP contribution in [0.4, 0.5) is 0 Å². The third-order valence-electron chi connectivity index (χ3n) is 4.58. The van der Waals surface area contributed by atoms with Crippen molar-refractivity contribution >= 4 is 16.8 Å². The molecule has 7 heteroatoms. The molecule has 0 radical (unpaired) electrons. The monoisotopic (exact) mass is 374 g/mol. The van der Waals surface area contributed by atoms with E-state index in [9.17, 15) is 9.59 Å². The molecular formula is C21H18N4O3. The fourth-order valence-electron chi connectivity index (χ4n) is 3.12. The highest BCUT2D eigenvalue weighted by Gasteiger charge is 2.14. The summed E-state index contributed by atoms with van der Waals surface area (Å²) in [4.78, 5) is 29.1. The first-order chi connectivity index (χ1) is 13.6. The topological polar surface area (TPSA) is 79.0 Å². The van der Waals surface area contributed by atoms with Crippen molar-refractivity contribution < 1.29 is 9.53 Å². The number of aromatic nitrogens is 4. The first-order valence-electron chi connectivity index (χ1n) is 8.75. The summed E-state index contributed by atoms with van der Waals surface area (Å²) in [6.45, 7) is 1.74. The van der Waals surface area contributed by atoms with Crippen LogP contribution in [-0.4, -0.2) is 32.2 Å². The largest absolute Gasteiger partial charge is 0.496 e. The molecule has 0 saturated heterocycles. The van der Waals surface area contributed by atoms with Gasteiger partial charge in [0.2, 0.25) is 0 Å². The maximum Gasteiger partial charge on any atom is 0.264 e. The van der Waals surface area contributed by atoms with Crippen LogP contribution >= 0.6 is 0 Å². The van der Waals surface area contributed by atoms with E-state index in [1.54, 1.807) is 30.0 Å². The second-order valence-corrected chi connectivity index (χ2v) is 6.39. The lowest BCUT2D eigenvalue weighted by atomic mass is 10.1. The summed E-state index contributed by atoms with van der Waals surface area (Å²) in [5.74, 6) is 0.561. The smallest absolute Gasteiger partial charge is 0.264 e. The number of nitrogens with zero attached hydrogens (tertiary/aromatic N) is 4. The Kier molecular flexibility index (Phi) is 4.49. The van der Waals surface area contributed by atoms with Gasteiger partial charge in [0.1, 0.15) is 17.5 Å². The number of fused-ring (bicyclic) bond motifs is 1. The van der Waals surface area contributed by atoms with Crippen LogP contribution in [-0.2, 0) is 6.54 Å². The normalized spacial score (nSPS) is 10.9. The number of methoxy groups -OCH3 is 1. The van der Waals surface area contributed by atoms with Crippen LogP contribution in [0.25, 0.3) is 16.7 Å². The number of ether oxygens (including phenoxy) is 1. The van der Waals surface area contributed by atoms with Gasteiger partial charge >= 0.3 is 0 Å². The molecule has 0 fully saturated rings. The van der Waals surface area contributed by atoms with Crippen molar-refractivity contribution in [3.05, 3.63) is 82.5 Å². The SMILES string of the molecule is COc1ccc(C(C)=O)cc1Cn1cnc2c(cnn2-c2ccccc2)c1=O. The van der Waals surface area contributed by atoms with Crippen LogP contribution in [0.1, 0.15) is 22.8 Å². The quantitative estimate of drug-likeness (QED) is 0.502. The Morgan fingerprint density at radius 2 is 1.93 bits per heavy atom. The number of ketones is 1. The molecule has 0 spiro atoms. The van der Waals surface area contributed by atoms with Gasteiger partial charge in [-0.05, 0) is 37.3 Å². The average Bonchev–Trinajstić information content (AvgIpc) is 3.15. The first kappa shape index (κ1) is 17.7. The maximum atomic E-state index is 13.0. The molecule has 0 aliphatic heterocycles. The van der Waals surface area contributed by atoms with Crippen molar-refractivity contribution in [1.29, 1.82) is 0 Å². The van der Waals surface area contributed by atoms with Gasteiger partial charge in [0, 0.05) is 11.1 Å². The highest BCUT2D eigenvalue weighted by atomic mass is 16.5. The van der Waals surface area contributed by atoms with E-state index in [0.29, 0.717) is 22.3 Å². The molecule has 0 N–H and O–H groups in total. The predicted octanol–water partition coefficient (Wildman–Crippen LogP) is 2.84. The fourth-order valence-corrected chi connectivity index (χ4v) is 3.12. The lowest BCUT2D eigenvalue weighted by molar-refractivity contribution is 0.101. The number of carbonyl (C=O) groups is 1. The minimum absolute atomic E-state index is 0.0473. The fraction of sp³-hybridized carbons (Fsp3) is 0.143. The summed E-state index contributed by atoms with van der Waals surface area (Å²) in [5, 5.41) is 4.74. The van der Waals surface area contributed by atoms with E-state index in [1.807, 2.05) is 30.3 Å². The Bertz CT molecular complexity index is 1230. The molecule has 28 heavy (non-hydrogen) atoms. The van der Waals surface area contributed by atoms with Crippen molar-refractivity contribution in [2.45, 2.75) is 13.5 Å². The van der Waals surface area contributed by atoms with E-state index in [0.717, 1.165) is 11.3 Å². The van der Waals surface area contributed by atoms with E-state index in [4.69, 9.17) is 4.74 Å². The molecule has 2 aromatic heterocycles. The molecule has 2 aromatic carbocycles. The Morgan fingerprint density at radius 3 is 2.64 bits per heavy atom. The number of para-hydroxylation sites is 1. The summed E-state index contributed by atoms with van der Waals surface area (Å²) in [7, 11) is 1.56. The molecule has 0 amide bonds. The number of hydrogen-bond donors (Lipinski definition) is 0. The van der Waals surface area contributed by atoms with Crippen LogP contribution in [0.5, 0.6) is 5.75 Å². The van der Waals surface area contributed by atoms with Crippen molar-refractivity contribution in [2.75, 3.05) is 7.11 Å². The zero-order valence-corrected chi connectivity index (χ0v) is 15.5. The predicted molar refractivity (Wildman–Crippen MR) is 105 cm³/mol. The molecule has 4 aromatic rings. The van der Waals surface area contributed by atoms with Crippen LogP contribution in [0.3, 0.4) is 0 Å². The van der Waals surface area contributed by atoms with Crippen molar-refractivity contribution in [2.24, 2.45) is 0 Å². The highest BCUT2D eigenvalue weighted by molar-refractivity contribution is 5.94. The molecule has 2 heterocycles. The lowest BCUT2D eigenvalue weighted by Gasteiger charge is -2.11. The van der Waals surface area contributed by atoms with Crippen LogP contribution in [0.15, 0.2) is 65.8 Å². The third kappa shape index (κ3) is 3.07. The van der Waals surface area contributed by atoms with Crippen LogP contribution in [0.2, 0.25) is 0 Å². The molecule has 0 aliphatic carbocycles. The summed E-state index contributed by atoms with van der Waals surface area (Å²) in [5.41, 5.74) is 2.42. The number of carbonyl (C=O) groups excluding carboxylic acids is 1. The van der Waals surface area contributed by atoms with Gasteiger partial charge in [0.25, 0.3) is 5.56 Å². The summed E-state index contributed by atoms with van der Waals surface area (Å²) >= 11 is 0. The molecular weight excluding hydrogens is 356 g/mol. The second-order valence-electron chi connectivity index (χ2n) is 6.39. The number of hydrogen-bond acceptors (Lipinski definition) is 5. The van der Waals surface area contributed by atoms with Gasteiger partial charge in [0.05, 0.1) is 25.5 Å². The van der Waals surface area contributed by atoms with Crippen molar-refractivity contribution in [3.8, 4) is 11.4 Å². The molecule has 7 nitrogen and oxygen atoms in total. The molecule has 0 atom stereocenters. The molecule has 0 saturated carbocycles. The Morgan fingerprint density at radius 1 is 1.14 bits per heavy atom. The zero-order valence-electron chi connectivity index (χ0n) is 15.5. The molecule has 140 valence electrons. The average molecular weight is 374 g/mol. The summed E-state index contributed by atoms with van der Waals surface area (Å²) in [6, 6.07) is 14.7. The number of Topliss-reactive ketones (excluding diaryl/α,β-unsaturated/α-hetero) is 1. The van der Waals surface area contributed by atoms with Gasteiger partial charge in [-0.3, -0.25) is 14.2 Å². The van der Waals surface area contributed by atoms with Gasteiger partial charge in [-0.15, -0.1) is 0 Å². The van der Waals surface area contributed by atoms with E-state index in [1.165, 1.54) is 24.0 Å². The second kappa shape index (κ2) is 7.11. The van der Waals surface area contributed by atoms with E-state index < -0.39 is 0 Å². The minimum Gasteiger partial charge on any atom is -0.496 e. The Hall–Kier alpha value is -3.74. The summed E-state index contributed by atoms with van der Waals surface area (Å²) in [6.07, 6.45) is 3.02. The highest BCUT2D eigenvalue weighted by Crippen LogP contribution is 2.21. The van der Waals surface area contributed by atoms with E-state index in [-0.39, 0.29) is 17.9 Å². The number of benzene rings is 2. The van der Waals surface area contributed by atoms with Crippen LogP contribution < -0.4 is 10.3 Å². The molecule has 0 bridgehead atoms. The number of rotatable bonds is 5. The third-order valence-corrected chi connectivity index (χ3v) is 4.58. The van der Waals surface area contributed by atoms with Gasteiger partial charge in [0.15, 0.2) is 11.4 Å². The Labute approximate surface area is 160 Å². The van der Waals surface area contributed by atoms with E-state index >= 15 is 0 Å². The molecule has 0 aliphatic rings. The van der Waals surface area contributed by atoms with Gasteiger partial charge in [-0.1, -0.05) is 18.2 Å². The zero-order chi connectivity index (χ0) is 19.7. The van der Waals surface area contributed by atoms with Crippen molar-refractivity contribution in [3.63, 3.8) is 0 Å². The standard InChI is InChI=1S/C21H18N4O3/c1-14(26)15-8-9-19(28-2)16(10-15)12-24-13-22-20-18(21(24)27)11-23-25(20)17-6-4-3-5-7-17/h3-11,13H,12H2,1-2H3. The Balaban J connectivity index is 1.77.